The van der Waals surface area contributed by atoms with E-state index in [1.165, 1.54) is 0 Å². The molecule has 3 rings (SSSR count). The molecule has 0 amide bonds. The van der Waals surface area contributed by atoms with E-state index in [1.54, 1.807) is 0 Å². The minimum Gasteiger partial charge on any atom is -0.341 e. The van der Waals surface area contributed by atoms with Gasteiger partial charge in [0.05, 0.1) is 11.0 Å². The van der Waals surface area contributed by atoms with Gasteiger partial charge in [-0.3, -0.25) is 0 Å². The van der Waals surface area contributed by atoms with Gasteiger partial charge in [0.15, 0.2) is 0 Å². The molecule has 2 aromatic rings. The highest BCUT2D eigenvalue weighted by Gasteiger charge is 2.21. The molecule has 1 aliphatic rings. The number of aromatic amines is 1. The van der Waals surface area contributed by atoms with Gasteiger partial charge in [-0.15, -0.1) is 0 Å². The van der Waals surface area contributed by atoms with Crippen LogP contribution in [0.4, 0.5) is 5.95 Å². The van der Waals surface area contributed by atoms with E-state index in [0.29, 0.717) is 6.04 Å². The number of fused-ring (bicyclic) bond motifs is 1. The van der Waals surface area contributed by atoms with E-state index in [2.05, 4.69) is 14.9 Å². The summed E-state index contributed by atoms with van der Waals surface area (Å²) >= 11 is 0. The molecule has 1 aromatic carbocycles. The molecular formula is C11H14N4. The van der Waals surface area contributed by atoms with Crippen molar-refractivity contribution in [1.29, 1.82) is 0 Å². The second kappa shape index (κ2) is 3.24. The second-order valence-corrected chi connectivity index (χ2v) is 4.07. The van der Waals surface area contributed by atoms with Gasteiger partial charge in [0, 0.05) is 19.1 Å². The lowest BCUT2D eigenvalue weighted by Gasteiger charge is -2.13. The summed E-state index contributed by atoms with van der Waals surface area (Å²) in [6, 6.07) is 8.37. The van der Waals surface area contributed by atoms with E-state index >= 15 is 0 Å². The van der Waals surface area contributed by atoms with E-state index in [1.807, 2.05) is 24.3 Å². The summed E-state index contributed by atoms with van der Waals surface area (Å²) in [7, 11) is 0. The zero-order valence-corrected chi connectivity index (χ0v) is 8.48. The molecule has 0 radical (unpaired) electrons. The molecule has 2 heterocycles. The van der Waals surface area contributed by atoms with E-state index in [-0.39, 0.29) is 0 Å². The number of hydrogen-bond acceptors (Lipinski definition) is 3. The number of hydrogen-bond donors (Lipinski definition) is 2. The molecular weight excluding hydrogens is 188 g/mol. The minimum atomic E-state index is 0.290. The van der Waals surface area contributed by atoms with Crippen molar-refractivity contribution in [3.05, 3.63) is 24.3 Å². The highest BCUT2D eigenvalue weighted by atomic mass is 15.3. The lowest BCUT2D eigenvalue weighted by Crippen LogP contribution is -2.26. The lowest BCUT2D eigenvalue weighted by atomic mass is 10.3. The van der Waals surface area contributed by atoms with Crippen molar-refractivity contribution < 1.29 is 0 Å². The molecule has 1 aromatic heterocycles. The molecule has 4 nitrogen and oxygen atoms in total. The number of nitrogens with one attached hydrogen (secondary N) is 1. The predicted molar refractivity (Wildman–Crippen MR) is 60.9 cm³/mol. The molecule has 1 atom stereocenters. The largest absolute Gasteiger partial charge is 0.341 e. The van der Waals surface area contributed by atoms with Crippen molar-refractivity contribution >= 4 is 17.0 Å². The molecule has 78 valence electrons. The van der Waals surface area contributed by atoms with Gasteiger partial charge in [-0.25, -0.2) is 4.98 Å². The third kappa shape index (κ3) is 1.47. The standard InChI is InChI=1S/C11H14N4/c12-8-5-6-15(7-8)11-13-9-3-1-2-4-10(9)14-11/h1-4,8H,5-7,12H2,(H,13,14)/t8-/m1/s1. The molecule has 3 N–H and O–H groups in total. The van der Waals surface area contributed by atoms with Gasteiger partial charge < -0.3 is 15.6 Å². The fourth-order valence-electron chi connectivity index (χ4n) is 2.07. The van der Waals surface area contributed by atoms with Crippen LogP contribution in [0, 0.1) is 0 Å². The average Bonchev–Trinajstić information content (AvgIpc) is 2.82. The molecule has 0 bridgehead atoms. The van der Waals surface area contributed by atoms with E-state index < -0.39 is 0 Å². The van der Waals surface area contributed by atoms with Crippen molar-refractivity contribution in [2.24, 2.45) is 5.73 Å². The molecule has 0 unspecified atom stereocenters. The Kier molecular flexibility index (Phi) is 1.89. The van der Waals surface area contributed by atoms with Gasteiger partial charge in [0.1, 0.15) is 0 Å². The highest BCUT2D eigenvalue weighted by molar-refractivity contribution is 5.77. The zero-order chi connectivity index (χ0) is 10.3. The van der Waals surface area contributed by atoms with Gasteiger partial charge in [-0.2, -0.15) is 0 Å². The summed E-state index contributed by atoms with van der Waals surface area (Å²) in [5.41, 5.74) is 7.99. The van der Waals surface area contributed by atoms with Crippen LogP contribution < -0.4 is 10.6 Å². The van der Waals surface area contributed by atoms with Crippen LogP contribution in [-0.4, -0.2) is 29.1 Å². The highest BCUT2D eigenvalue weighted by Crippen LogP contribution is 2.20. The Labute approximate surface area is 88.1 Å². The van der Waals surface area contributed by atoms with Crippen molar-refractivity contribution in [2.75, 3.05) is 18.0 Å². The maximum Gasteiger partial charge on any atom is 0.203 e. The van der Waals surface area contributed by atoms with Crippen molar-refractivity contribution in [3.8, 4) is 0 Å². The number of imidazole rings is 1. The minimum absolute atomic E-state index is 0.290. The number of anilines is 1. The van der Waals surface area contributed by atoms with Crippen molar-refractivity contribution in [3.63, 3.8) is 0 Å². The van der Waals surface area contributed by atoms with Crippen LogP contribution in [0.2, 0.25) is 0 Å². The fourth-order valence-corrected chi connectivity index (χ4v) is 2.07. The summed E-state index contributed by atoms with van der Waals surface area (Å²) in [5.74, 6) is 0.948. The van der Waals surface area contributed by atoms with Crippen LogP contribution in [0.3, 0.4) is 0 Å². The molecule has 1 fully saturated rings. The Morgan fingerprint density at radius 3 is 3.00 bits per heavy atom. The maximum atomic E-state index is 5.87. The molecule has 4 heteroatoms. The Morgan fingerprint density at radius 1 is 1.40 bits per heavy atom. The normalized spacial score (nSPS) is 21.4. The van der Waals surface area contributed by atoms with Crippen LogP contribution in [0.1, 0.15) is 6.42 Å². The quantitative estimate of drug-likeness (QED) is 0.728. The summed E-state index contributed by atoms with van der Waals surface area (Å²) in [5, 5.41) is 0. The van der Waals surface area contributed by atoms with Gasteiger partial charge in [0.25, 0.3) is 0 Å². The van der Waals surface area contributed by atoms with E-state index in [4.69, 9.17) is 5.73 Å². The molecule has 0 saturated carbocycles. The molecule has 0 spiro atoms. The number of nitrogens with two attached hydrogens (primary N) is 1. The Morgan fingerprint density at radius 2 is 2.27 bits per heavy atom. The fraction of sp³-hybridized carbons (Fsp3) is 0.364. The van der Waals surface area contributed by atoms with E-state index in [0.717, 1.165) is 36.5 Å². The first kappa shape index (κ1) is 8.73. The van der Waals surface area contributed by atoms with Crippen LogP contribution in [0.25, 0.3) is 11.0 Å². The van der Waals surface area contributed by atoms with Crippen molar-refractivity contribution in [2.45, 2.75) is 12.5 Å². The SMILES string of the molecule is N[C@@H]1CCN(c2nc3ccccc3[nH]2)C1. The summed E-state index contributed by atoms with van der Waals surface area (Å²) in [6.07, 6.45) is 1.05. The third-order valence-corrected chi connectivity index (χ3v) is 2.90. The zero-order valence-electron chi connectivity index (χ0n) is 8.48. The predicted octanol–water partition coefficient (Wildman–Crippen LogP) is 1.10. The van der Waals surface area contributed by atoms with Crippen LogP contribution in [0.5, 0.6) is 0 Å². The first-order valence-electron chi connectivity index (χ1n) is 5.28. The van der Waals surface area contributed by atoms with Crippen LogP contribution in [0.15, 0.2) is 24.3 Å². The smallest absolute Gasteiger partial charge is 0.203 e. The van der Waals surface area contributed by atoms with Crippen LogP contribution >= 0.6 is 0 Å². The average molecular weight is 202 g/mol. The van der Waals surface area contributed by atoms with Gasteiger partial charge >= 0.3 is 0 Å². The maximum absolute atomic E-state index is 5.87. The monoisotopic (exact) mass is 202 g/mol. The summed E-state index contributed by atoms with van der Waals surface area (Å²) < 4.78 is 0. The lowest BCUT2D eigenvalue weighted by molar-refractivity contribution is 0.751. The summed E-state index contributed by atoms with van der Waals surface area (Å²) in [6.45, 7) is 1.90. The first-order chi connectivity index (χ1) is 7.33. The number of benzene rings is 1. The van der Waals surface area contributed by atoms with Gasteiger partial charge in [0.2, 0.25) is 5.95 Å². The van der Waals surface area contributed by atoms with Gasteiger partial charge in [-0.05, 0) is 18.6 Å². The first-order valence-corrected chi connectivity index (χ1v) is 5.28. The van der Waals surface area contributed by atoms with Crippen molar-refractivity contribution in [1.82, 2.24) is 9.97 Å². The summed E-state index contributed by atoms with van der Waals surface area (Å²) in [4.78, 5) is 10.1. The Balaban J connectivity index is 1.98. The number of H-pyrrole nitrogens is 1. The van der Waals surface area contributed by atoms with E-state index in [9.17, 15) is 0 Å². The Hall–Kier alpha value is -1.55. The molecule has 1 aliphatic heterocycles. The van der Waals surface area contributed by atoms with Crippen LogP contribution in [-0.2, 0) is 0 Å². The molecule has 1 saturated heterocycles. The number of rotatable bonds is 1. The second-order valence-electron chi connectivity index (χ2n) is 4.07. The topological polar surface area (TPSA) is 57.9 Å². The number of para-hydroxylation sites is 2. The Bertz CT molecular complexity index is 443. The van der Waals surface area contributed by atoms with Gasteiger partial charge in [-0.1, -0.05) is 12.1 Å². The number of aromatic nitrogens is 2. The third-order valence-electron chi connectivity index (χ3n) is 2.90. The molecule has 15 heavy (non-hydrogen) atoms. The number of nitrogens with zero attached hydrogens (tertiary/aromatic N) is 2. The molecule has 0 aliphatic carbocycles.